The molecule has 1 rings (SSSR count). The van der Waals surface area contributed by atoms with Gasteiger partial charge in [-0.25, -0.2) is 0 Å². The first-order valence-corrected chi connectivity index (χ1v) is 4.57. The first-order valence-electron chi connectivity index (χ1n) is 4.57. The summed E-state index contributed by atoms with van der Waals surface area (Å²) in [5.74, 6) is 0.337. The maximum Gasteiger partial charge on any atom is 0.222 e. The highest BCUT2D eigenvalue weighted by Gasteiger charge is 2.21. The van der Waals surface area contributed by atoms with Crippen molar-refractivity contribution in [1.82, 2.24) is 4.90 Å². The summed E-state index contributed by atoms with van der Waals surface area (Å²) in [6.45, 7) is 2.94. The van der Waals surface area contributed by atoms with Crippen molar-refractivity contribution < 1.29 is 9.28 Å². The molecule has 0 N–H and O–H groups in total. The maximum absolute atomic E-state index is 11.2. The highest BCUT2D eigenvalue weighted by atomic mass is 16.2. The van der Waals surface area contributed by atoms with Crippen molar-refractivity contribution in [1.29, 1.82) is 0 Å². The normalized spacial score (nSPS) is 18.9. The van der Waals surface area contributed by atoms with Crippen LogP contribution in [0.3, 0.4) is 0 Å². The Kier molecular flexibility index (Phi) is 2.73. The van der Waals surface area contributed by atoms with Crippen molar-refractivity contribution in [3.63, 3.8) is 0 Å². The van der Waals surface area contributed by atoms with E-state index in [9.17, 15) is 4.79 Å². The van der Waals surface area contributed by atoms with Gasteiger partial charge in [0.1, 0.15) is 0 Å². The molecule has 0 aromatic rings. The molecule has 1 heterocycles. The lowest BCUT2D eigenvalue weighted by Crippen LogP contribution is -2.42. The molecular formula is C9H19N2O+. The minimum atomic E-state index is 0.337. The average molecular weight is 171 g/mol. The summed E-state index contributed by atoms with van der Waals surface area (Å²) in [4.78, 5) is 13.2. The Morgan fingerprint density at radius 3 is 2.50 bits per heavy atom. The van der Waals surface area contributed by atoms with Crippen LogP contribution in [0.25, 0.3) is 0 Å². The number of likely N-dealkylation sites (N-methyl/N-ethyl adjacent to an activating group) is 1. The fourth-order valence-electron chi connectivity index (χ4n) is 1.36. The summed E-state index contributed by atoms with van der Waals surface area (Å²) in [6, 6.07) is 0. The number of hydrogen-bond acceptors (Lipinski definition) is 1. The molecule has 1 fully saturated rings. The molecule has 12 heavy (non-hydrogen) atoms. The van der Waals surface area contributed by atoms with Gasteiger partial charge in [-0.2, -0.15) is 0 Å². The molecule has 0 bridgehead atoms. The lowest BCUT2D eigenvalue weighted by Gasteiger charge is -2.26. The van der Waals surface area contributed by atoms with Gasteiger partial charge in [0.15, 0.2) is 0 Å². The van der Waals surface area contributed by atoms with Crippen molar-refractivity contribution in [2.24, 2.45) is 0 Å². The minimum Gasteiger partial charge on any atom is -0.337 e. The predicted molar refractivity (Wildman–Crippen MR) is 48.7 cm³/mol. The Morgan fingerprint density at radius 1 is 1.42 bits per heavy atom. The SMILES string of the molecule is C[N+](C)(C)CCN1CCCC1=O. The van der Waals surface area contributed by atoms with Gasteiger partial charge in [-0.1, -0.05) is 0 Å². The molecule has 0 aliphatic carbocycles. The van der Waals surface area contributed by atoms with Crippen LogP contribution in [-0.2, 0) is 4.79 Å². The van der Waals surface area contributed by atoms with E-state index >= 15 is 0 Å². The lowest BCUT2D eigenvalue weighted by molar-refractivity contribution is -0.869. The average Bonchev–Trinajstić information content (AvgIpc) is 2.29. The zero-order chi connectivity index (χ0) is 9.19. The molecule has 0 aromatic carbocycles. The number of nitrogens with zero attached hydrogens (tertiary/aromatic N) is 2. The zero-order valence-corrected chi connectivity index (χ0v) is 8.34. The van der Waals surface area contributed by atoms with E-state index < -0.39 is 0 Å². The van der Waals surface area contributed by atoms with Crippen LogP contribution in [0.15, 0.2) is 0 Å². The molecule has 3 nitrogen and oxygen atoms in total. The highest BCUT2D eigenvalue weighted by molar-refractivity contribution is 5.77. The van der Waals surface area contributed by atoms with Crippen LogP contribution >= 0.6 is 0 Å². The van der Waals surface area contributed by atoms with Gasteiger partial charge in [0, 0.05) is 13.0 Å². The summed E-state index contributed by atoms with van der Waals surface area (Å²) < 4.78 is 0.934. The van der Waals surface area contributed by atoms with Crippen LogP contribution in [-0.4, -0.2) is 56.1 Å². The molecule has 0 unspecified atom stereocenters. The van der Waals surface area contributed by atoms with Crippen LogP contribution in [0.2, 0.25) is 0 Å². The summed E-state index contributed by atoms with van der Waals surface area (Å²) in [5.41, 5.74) is 0. The van der Waals surface area contributed by atoms with E-state index in [4.69, 9.17) is 0 Å². The second-order valence-electron chi connectivity index (χ2n) is 4.50. The highest BCUT2D eigenvalue weighted by Crippen LogP contribution is 2.09. The molecule has 0 aromatic heterocycles. The largest absolute Gasteiger partial charge is 0.337 e. The monoisotopic (exact) mass is 171 g/mol. The van der Waals surface area contributed by atoms with Gasteiger partial charge in [0.2, 0.25) is 5.91 Å². The molecule has 3 heteroatoms. The van der Waals surface area contributed by atoms with Crippen LogP contribution in [0, 0.1) is 0 Å². The van der Waals surface area contributed by atoms with Gasteiger partial charge >= 0.3 is 0 Å². The third-order valence-corrected chi connectivity index (χ3v) is 2.21. The minimum absolute atomic E-state index is 0.337. The second-order valence-corrected chi connectivity index (χ2v) is 4.50. The third kappa shape index (κ3) is 2.81. The maximum atomic E-state index is 11.2. The number of quaternary nitrogens is 1. The summed E-state index contributed by atoms with van der Waals surface area (Å²) in [6.07, 6.45) is 1.81. The molecule has 70 valence electrons. The molecular weight excluding hydrogens is 152 g/mol. The van der Waals surface area contributed by atoms with Crippen molar-refractivity contribution >= 4 is 5.91 Å². The van der Waals surface area contributed by atoms with Crippen LogP contribution < -0.4 is 0 Å². The Morgan fingerprint density at radius 2 is 2.08 bits per heavy atom. The first kappa shape index (κ1) is 9.52. The van der Waals surface area contributed by atoms with E-state index in [0.717, 1.165) is 37.0 Å². The number of amides is 1. The summed E-state index contributed by atoms with van der Waals surface area (Å²) in [5, 5.41) is 0. The van der Waals surface area contributed by atoms with Gasteiger partial charge in [-0.15, -0.1) is 0 Å². The zero-order valence-electron chi connectivity index (χ0n) is 8.34. The number of likely N-dealkylation sites (tertiary alicyclic amines) is 1. The Bertz CT molecular complexity index is 172. The van der Waals surface area contributed by atoms with E-state index in [1.807, 2.05) is 4.90 Å². The van der Waals surface area contributed by atoms with E-state index in [1.54, 1.807) is 0 Å². The first-order chi connectivity index (χ1) is 5.49. The van der Waals surface area contributed by atoms with Crippen molar-refractivity contribution in [2.45, 2.75) is 12.8 Å². The smallest absolute Gasteiger partial charge is 0.222 e. The molecule has 1 amide bonds. The van der Waals surface area contributed by atoms with Crippen molar-refractivity contribution in [3.05, 3.63) is 0 Å². The molecule has 1 aliphatic heterocycles. The molecule has 0 radical (unpaired) electrons. The summed E-state index contributed by atoms with van der Waals surface area (Å²) in [7, 11) is 6.46. The number of hydrogen-bond donors (Lipinski definition) is 0. The van der Waals surface area contributed by atoms with Gasteiger partial charge in [-0.3, -0.25) is 4.79 Å². The summed E-state index contributed by atoms with van der Waals surface area (Å²) >= 11 is 0. The van der Waals surface area contributed by atoms with Crippen LogP contribution in [0.4, 0.5) is 0 Å². The van der Waals surface area contributed by atoms with Gasteiger partial charge in [0.25, 0.3) is 0 Å². The fraction of sp³-hybridized carbons (Fsp3) is 0.889. The van der Waals surface area contributed by atoms with Gasteiger partial charge < -0.3 is 9.38 Å². The Labute approximate surface area is 74.5 Å². The van der Waals surface area contributed by atoms with E-state index in [1.165, 1.54) is 0 Å². The number of carbonyl (C=O) groups excluding carboxylic acids is 1. The second kappa shape index (κ2) is 3.44. The fourth-order valence-corrected chi connectivity index (χ4v) is 1.36. The van der Waals surface area contributed by atoms with E-state index in [2.05, 4.69) is 21.1 Å². The quantitative estimate of drug-likeness (QED) is 0.560. The van der Waals surface area contributed by atoms with E-state index in [-0.39, 0.29) is 0 Å². The topological polar surface area (TPSA) is 20.3 Å². The van der Waals surface area contributed by atoms with E-state index in [0.29, 0.717) is 5.91 Å². The van der Waals surface area contributed by atoms with Gasteiger partial charge in [0.05, 0.1) is 34.2 Å². The molecule has 0 spiro atoms. The Hall–Kier alpha value is -0.570. The van der Waals surface area contributed by atoms with Crippen LogP contribution in [0.1, 0.15) is 12.8 Å². The lowest BCUT2D eigenvalue weighted by atomic mass is 10.4. The molecule has 1 saturated heterocycles. The molecule has 0 saturated carbocycles. The number of carbonyl (C=O) groups is 1. The molecule has 1 aliphatic rings. The van der Waals surface area contributed by atoms with Crippen LogP contribution in [0.5, 0.6) is 0 Å². The number of rotatable bonds is 3. The predicted octanol–water partition coefficient (Wildman–Crippen LogP) is 0.315. The molecule has 0 atom stereocenters. The van der Waals surface area contributed by atoms with Crippen molar-refractivity contribution in [2.75, 3.05) is 40.8 Å². The Balaban J connectivity index is 2.27. The van der Waals surface area contributed by atoms with Crippen molar-refractivity contribution in [3.8, 4) is 0 Å². The third-order valence-electron chi connectivity index (χ3n) is 2.21. The standard InChI is InChI=1S/C9H19N2O/c1-11(2,3)8-7-10-6-4-5-9(10)12/h4-8H2,1-3H3/q+1. The van der Waals surface area contributed by atoms with Gasteiger partial charge in [-0.05, 0) is 6.42 Å².